The highest BCUT2D eigenvalue weighted by atomic mass is 16.1. The van der Waals surface area contributed by atoms with Crippen LogP contribution in [-0.2, 0) is 11.2 Å². The lowest BCUT2D eigenvalue weighted by Crippen LogP contribution is -2.39. The monoisotopic (exact) mass is 273 g/mol. The Kier molecular flexibility index (Phi) is 4.01. The molecule has 2 aliphatic rings. The Morgan fingerprint density at radius 1 is 1.25 bits per heavy atom. The van der Waals surface area contributed by atoms with E-state index in [0.29, 0.717) is 12.1 Å². The van der Waals surface area contributed by atoms with Crippen molar-refractivity contribution < 1.29 is 4.79 Å². The zero-order chi connectivity index (χ0) is 13.9. The Labute approximate surface area is 120 Å². The van der Waals surface area contributed by atoms with Gasteiger partial charge in [-0.25, -0.2) is 0 Å². The lowest BCUT2D eigenvalue weighted by molar-refractivity contribution is -0.122. The third-order valence-electron chi connectivity index (χ3n) is 4.76. The summed E-state index contributed by atoms with van der Waals surface area (Å²) < 4.78 is 0. The van der Waals surface area contributed by atoms with Gasteiger partial charge in [-0.15, -0.1) is 0 Å². The molecule has 1 heterocycles. The van der Waals surface area contributed by atoms with Crippen LogP contribution < -0.4 is 11.1 Å². The molecule has 1 fully saturated rings. The van der Waals surface area contributed by atoms with E-state index in [-0.39, 0.29) is 11.8 Å². The number of aromatic nitrogens is 1. The number of nitrogens with zero attached hydrogens (tertiary/aromatic N) is 1. The number of primary amides is 1. The maximum Gasteiger partial charge on any atom is 0.220 e. The maximum absolute atomic E-state index is 11.2. The fraction of sp³-hybridized carbons (Fsp3) is 0.625. The first kappa shape index (κ1) is 13.6. The van der Waals surface area contributed by atoms with Crippen LogP contribution in [0.4, 0.5) is 0 Å². The van der Waals surface area contributed by atoms with Crippen LogP contribution in [0.3, 0.4) is 0 Å². The van der Waals surface area contributed by atoms with Gasteiger partial charge in [0.05, 0.1) is 5.69 Å². The first-order valence-corrected chi connectivity index (χ1v) is 7.73. The summed E-state index contributed by atoms with van der Waals surface area (Å²) in [6, 6.07) is 5.11. The van der Waals surface area contributed by atoms with Crippen molar-refractivity contribution in [1.29, 1.82) is 0 Å². The van der Waals surface area contributed by atoms with E-state index in [1.165, 1.54) is 24.1 Å². The molecule has 2 aliphatic carbocycles. The van der Waals surface area contributed by atoms with E-state index in [0.717, 1.165) is 32.1 Å². The summed E-state index contributed by atoms with van der Waals surface area (Å²) in [5.41, 5.74) is 8.01. The number of fused-ring (bicyclic) bond motifs is 1. The fourth-order valence-electron chi connectivity index (χ4n) is 3.60. The molecule has 1 aromatic heterocycles. The molecule has 20 heavy (non-hydrogen) atoms. The van der Waals surface area contributed by atoms with Gasteiger partial charge in [0, 0.05) is 24.2 Å². The minimum atomic E-state index is -0.131. The Bertz CT molecular complexity index is 480. The minimum absolute atomic E-state index is 0.0878. The zero-order valence-electron chi connectivity index (χ0n) is 11.8. The molecule has 0 aliphatic heterocycles. The smallest absolute Gasteiger partial charge is 0.220 e. The molecule has 1 aromatic rings. The van der Waals surface area contributed by atoms with Gasteiger partial charge >= 0.3 is 0 Å². The number of hydrogen-bond donors (Lipinski definition) is 2. The van der Waals surface area contributed by atoms with Gasteiger partial charge in [0.1, 0.15) is 0 Å². The van der Waals surface area contributed by atoms with Crippen LogP contribution in [-0.4, -0.2) is 16.9 Å². The second-order valence-electron chi connectivity index (χ2n) is 6.11. The Hall–Kier alpha value is -1.42. The normalized spacial score (nSPS) is 29.7. The number of amides is 1. The van der Waals surface area contributed by atoms with Crippen LogP contribution in [0.2, 0.25) is 0 Å². The Morgan fingerprint density at radius 2 is 2.05 bits per heavy atom. The van der Waals surface area contributed by atoms with Gasteiger partial charge in [-0.05, 0) is 56.6 Å². The van der Waals surface area contributed by atoms with Crippen molar-refractivity contribution in [2.45, 2.75) is 57.0 Å². The van der Waals surface area contributed by atoms with Crippen LogP contribution in [0.15, 0.2) is 18.3 Å². The molecule has 0 spiro atoms. The first-order valence-electron chi connectivity index (χ1n) is 7.73. The number of carbonyl (C=O) groups excluding carboxylic acids is 1. The van der Waals surface area contributed by atoms with Crippen molar-refractivity contribution in [3.05, 3.63) is 29.6 Å². The highest BCUT2D eigenvalue weighted by Gasteiger charge is 2.28. The van der Waals surface area contributed by atoms with Gasteiger partial charge in [-0.1, -0.05) is 6.07 Å². The summed E-state index contributed by atoms with van der Waals surface area (Å²) in [4.78, 5) is 15.8. The summed E-state index contributed by atoms with van der Waals surface area (Å²) in [6.45, 7) is 0. The predicted octanol–water partition coefficient (Wildman–Crippen LogP) is 2.09. The highest BCUT2D eigenvalue weighted by Crippen LogP contribution is 2.31. The summed E-state index contributed by atoms with van der Waals surface area (Å²) in [5.74, 6) is -0.0436. The molecule has 1 saturated carbocycles. The number of nitrogens with two attached hydrogens (primary N) is 1. The quantitative estimate of drug-likeness (QED) is 0.886. The summed E-state index contributed by atoms with van der Waals surface area (Å²) in [6.07, 6.45) is 9.38. The third-order valence-corrected chi connectivity index (χ3v) is 4.76. The summed E-state index contributed by atoms with van der Waals surface area (Å²) >= 11 is 0. The third kappa shape index (κ3) is 2.85. The van der Waals surface area contributed by atoms with Crippen molar-refractivity contribution in [3.63, 3.8) is 0 Å². The largest absolute Gasteiger partial charge is 0.369 e. The fourth-order valence-corrected chi connectivity index (χ4v) is 3.60. The van der Waals surface area contributed by atoms with E-state index in [2.05, 4.69) is 16.4 Å². The van der Waals surface area contributed by atoms with Crippen LogP contribution in [0.25, 0.3) is 0 Å². The average Bonchev–Trinajstić information content (AvgIpc) is 2.48. The molecule has 3 rings (SSSR count). The molecule has 108 valence electrons. The van der Waals surface area contributed by atoms with Crippen LogP contribution in [0, 0.1) is 5.92 Å². The lowest BCUT2D eigenvalue weighted by Gasteiger charge is -2.33. The molecular formula is C16H23N3O. The second kappa shape index (κ2) is 5.92. The van der Waals surface area contributed by atoms with Gasteiger partial charge in [0.2, 0.25) is 5.91 Å². The molecule has 1 atom stereocenters. The predicted molar refractivity (Wildman–Crippen MR) is 78.0 cm³/mol. The molecule has 1 amide bonds. The van der Waals surface area contributed by atoms with Crippen molar-refractivity contribution in [3.8, 4) is 0 Å². The number of hydrogen-bond acceptors (Lipinski definition) is 3. The number of aryl methyl sites for hydroxylation is 1. The lowest BCUT2D eigenvalue weighted by atomic mass is 9.84. The minimum Gasteiger partial charge on any atom is -0.369 e. The van der Waals surface area contributed by atoms with Crippen LogP contribution in [0.1, 0.15) is 55.8 Å². The van der Waals surface area contributed by atoms with Gasteiger partial charge < -0.3 is 11.1 Å². The van der Waals surface area contributed by atoms with Crippen LogP contribution >= 0.6 is 0 Å². The molecule has 3 N–H and O–H groups in total. The van der Waals surface area contributed by atoms with Crippen molar-refractivity contribution in [2.24, 2.45) is 11.7 Å². The van der Waals surface area contributed by atoms with Crippen molar-refractivity contribution in [1.82, 2.24) is 10.3 Å². The number of carbonyl (C=O) groups is 1. The topological polar surface area (TPSA) is 68.0 Å². The maximum atomic E-state index is 11.2. The molecule has 0 saturated heterocycles. The van der Waals surface area contributed by atoms with E-state index in [1.807, 2.05) is 12.3 Å². The van der Waals surface area contributed by atoms with Gasteiger partial charge in [0.25, 0.3) is 0 Å². The van der Waals surface area contributed by atoms with E-state index >= 15 is 0 Å². The second-order valence-corrected chi connectivity index (χ2v) is 6.11. The van der Waals surface area contributed by atoms with E-state index in [9.17, 15) is 4.79 Å². The number of nitrogens with one attached hydrogen (secondary N) is 1. The van der Waals surface area contributed by atoms with Crippen molar-refractivity contribution >= 4 is 5.91 Å². The van der Waals surface area contributed by atoms with Crippen molar-refractivity contribution in [2.75, 3.05) is 0 Å². The molecule has 1 unspecified atom stereocenters. The molecule has 4 heteroatoms. The van der Waals surface area contributed by atoms with Gasteiger partial charge in [-0.2, -0.15) is 0 Å². The molecular weight excluding hydrogens is 250 g/mol. The molecule has 0 bridgehead atoms. The van der Waals surface area contributed by atoms with Crippen LogP contribution in [0.5, 0.6) is 0 Å². The Morgan fingerprint density at radius 3 is 2.80 bits per heavy atom. The van der Waals surface area contributed by atoms with E-state index in [1.54, 1.807) is 0 Å². The standard InChI is InChI=1S/C16H23N3O/c17-16(20)12-6-8-13(9-7-12)19-14-5-1-3-11-4-2-10-18-15(11)14/h2,4,10,12-14,19H,1,3,5-9H2,(H2,17,20). The van der Waals surface area contributed by atoms with E-state index in [4.69, 9.17) is 5.73 Å². The summed E-state index contributed by atoms with van der Waals surface area (Å²) in [7, 11) is 0. The zero-order valence-corrected chi connectivity index (χ0v) is 11.8. The van der Waals surface area contributed by atoms with Gasteiger partial charge in [0.15, 0.2) is 0 Å². The summed E-state index contributed by atoms with van der Waals surface area (Å²) in [5, 5.41) is 3.76. The van der Waals surface area contributed by atoms with Gasteiger partial charge in [-0.3, -0.25) is 9.78 Å². The molecule has 4 nitrogen and oxygen atoms in total. The molecule has 0 aromatic carbocycles. The Balaban J connectivity index is 1.61. The SMILES string of the molecule is NC(=O)C1CCC(NC2CCCc3cccnc32)CC1. The highest BCUT2D eigenvalue weighted by molar-refractivity contribution is 5.76. The molecule has 0 radical (unpaired) electrons. The van der Waals surface area contributed by atoms with E-state index < -0.39 is 0 Å². The number of pyridine rings is 1. The average molecular weight is 273 g/mol. The first-order chi connectivity index (χ1) is 9.74. The number of rotatable bonds is 3.